The lowest BCUT2D eigenvalue weighted by Crippen LogP contribution is -2.49. The molecule has 4 aliphatic carbocycles. The minimum atomic E-state index is -0.280. The molecule has 1 spiro atoms. The zero-order valence-corrected chi connectivity index (χ0v) is 15.2. The highest BCUT2D eigenvalue weighted by Gasteiger charge is 2.57. The molecule has 24 heavy (non-hydrogen) atoms. The molecule has 1 N–H and O–H groups in total. The second-order valence-electron chi connectivity index (χ2n) is 9.52. The number of rotatable bonds is 0. The summed E-state index contributed by atoms with van der Waals surface area (Å²) >= 11 is 0. The molecule has 0 radical (unpaired) electrons. The molecule has 6 atom stereocenters. The average molecular weight is 332 g/mol. The van der Waals surface area contributed by atoms with Crippen LogP contribution in [0.2, 0.25) is 0 Å². The Bertz CT molecular complexity index is 561. The summed E-state index contributed by atoms with van der Waals surface area (Å²) in [5, 5.41) is 10.6. The van der Waals surface area contributed by atoms with Gasteiger partial charge in [-0.25, -0.2) is 0 Å². The van der Waals surface area contributed by atoms with Crippen LogP contribution < -0.4 is 0 Å². The number of hydrogen-bond acceptors (Lipinski definition) is 3. The van der Waals surface area contributed by atoms with Crippen molar-refractivity contribution in [3.63, 3.8) is 0 Å². The highest BCUT2D eigenvalue weighted by Crippen LogP contribution is 2.63. The highest BCUT2D eigenvalue weighted by atomic mass is 16.7. The third-order valence-electron chi connectivity index (χ3n) is 8.48. The predicted octanol–water partition coefficient (Wildman–Crippen LogP) is 4.05. The van der Waals surface area contributed by atoms with Crippen LogP contribution in [0.4, 0.5) is 0 Å². The summed E-state index contributed by atoms with van der Waals surface area (Å²) in [5.41, 5.74) is 3.62. The van der Waals surface area contributed by atoms with Crippen molar-refractivity contribution < 1.29 is 14.6 Å². The van der Waals surface area contributed by atoms with Gasteiger partial charge >= 0.3 is 0 Å². The van der Waals surface area contributed by atoms with Gasteiger partial charge in [-0.2, -0.15) is 0 Å². The molecular formula is C21H32O3. The fourth-order valence-electron chi connectivity index (χ4n) is 7.32. The summed E-state index contributed by atoms with van der Waals surface area (Å²) in [7, 11) is 0. The molecular weight excluding hydrogens is 300 g/mol. The lowest BCUT2D eigenvalue weighted by molar-refractivity contribution is -0.166. The normalized spacial score (nSPS) is 49.9. The molecule has 0 unspecified atom stereocenters. The molecule has 3 fully saturated rings. The second-order valence-corrected chi connectivity index (χ2v) is 9.52. The van der Waals surface area contributed by atoms with Crippen LogP contribution in [0, 0.1) is 29.1 Å². The van der Waals surface area contributed by atoms with E-state index in [2.05, 4.69) is 13.8 Å². The van der Waals surface area contributed by atoms with E-state index in [1.807, 2.05) is 0 Å². The Labute approximate surface area is 145 Å². The van der Waals surface area contributed by atoms with Crippen LogP contribution >= 0.6 is 0 Å². The van der Waals surface area contributed by atoms with E-state index in [0.717, 1.165) is 56.1 Å². The first-order valence-electron chi connectivity index (χ1n) is 10.2. The lowest BCUT2D eigenvalue weighted by Gasteiger charge is -2.54. The van der Waals surface area contributed by atoms with Crippen LogP contribution in [-0.2, 0) is 9.47 Å². The number of hydrogen-bond donors (Lipinski definition) is 1. The number of aliphatic hydroxyl groups excluding tert-OH is 1. The Kier molecular flexibility index (Phi) is 3.51. The summed E-state index contributed by atoms with van der Waals surface area (Å²) in [6.07, 6.45) is 9.15. The van der Waals surface area contributed by atoms with Crippen LogP contribution in [0.3, 0.4) is 0 Å². The van der Waals surface area contributed by atoms with Crippen molar-refractivity contribution in [3.8, 4) is 0 Å². The van der Waals surface area contributed by atoms with Gasteiger partial charge in [-0.3, -0.25) is 0 Å². The summed E-state index contributed by atoms with van der Waals surface area (Å²) in [6, 6.07) is 0. The van der Waals surface area contributed by atoms with Crippen molar-refractivity contribution in [2.75, 3.05) is 13.2 Å². The van der Waals surface area contributed by atoms with Crippen molar-refractivity contribution in [3.05, 3.63) is 11.1 Å². The molecule has 1 saturated heterocycles. The molecule has 3 nitrogen and oxygen atoms in total. The van der Waals surface area contributed by atoms with E-state index in [9.17, 15) is 5.11 Å². The molecule has 0 aromatic rings. The average Bonchev–Trinajstić information content (AvgIpc) is 3.12. The highest BCUT2D eigenvalue weighted by molar-refractivity contribution is 5.29. The van der Waals surface area contributed by atoms with Crippen molar-refractivity contribution in [1.82, 2.24) is 0 Å². The first kappa shape index (κ1) is 15.8. The lowest BCUT2D eigenvalue weighted by atomic mass is 9.51. The van der Waals surface area contributed by atoms with Gasteiger partial charge < -0.3 is 14.6 Å². The van der Waals surface area contributed by atoms with Crippen molar-refractivity contribution in [2.24, 2.45) is 29.1 Å². The predicted molar refractivity (Wildman–Crippen MR) is 92.3 cm³/mol. The molecule has 1 heterocycles. The minimum absolute atomic E-state index is 0.0686. The molecule has 0 aromatic heterocycles. The van der Waals surface area contributed by atoms with Crippen molar-refractivity contribution >= 4 is 0 Å². The van der Waals surface area contributed by atoms with Gasteiger partial charge in [0.1, 0.15) is 0 Å². The first-order valence-corrected chi connectivity index (χ1v) is 10.2. The second kappa shape index (κ2) is 5.31. The number of fused-ring (bicyclic) bond motifs is 4. The zero-order chi connectivity index (χ0) is 16.5. The fourth-order valence-corrected chi connectivity index (χ4v) is 7.32. The molecule has 5 rings (SSSR count). The van der Waals surface area contributed by atoms with E-state index in [1.54, 1.807) is 11.1 Å². The summed E-state index contributed by atoms with van der Waals surface area (Å²) in [6.45, 7) is 6.37. The Hall–Kier alpha value is -0.380. The van der Waals surface area contributed by atoms with Gasteiger partial charge in [-0.1, -0.05) is 25.0 Å². The van der Waals surface area contributed by atoms with E-state index >= 15 is 0 Å². The van der Waals surface area contributed by atoms with Gasteiger partial charge in [0.2, 0.25) is 0 Å². The van der Waals surface area contributed by atoms with Crippen molar-refractivity contribution in [2.45, 2.75) is 77.1 Å². The monoisotopic (exact) mass is 332 g/mol. The van der Waals surface area contributed by atoms with E-state index < -0.39 is 0 Å². The van der Waals surface area contributed by atoms with E-state index in [-0.39, 0.29) is 17.3 Å². The van der Waals surface area contributed by atoms with Gasteiger partial charge in [0.15, 0.2) is 5.79 Å². The van der Waals surface area contributed by atoms with E-state index in [0.29, 0.717) is 0 Å². The van der Waals surface area contributed by atoms with Crippen LogP contribution in [0.25, 0.3) is 0 Å². The molecule has 134 valence electrons. The van der Waals surface area contributed by atoms with Gasteiger partial charge in [0, 0.05) is 12.8 Å². The summed E-state index contributed by atoms with van der Waals surface area (Å²) in [5.74, 6) is 2.74. The number of aliphatic hydroxyl groups is 1. The quantitative estimate of drug-likeness (QED) is 0.680. The Balaban J connectivity index is 1.46. The van der Waals surface area contributed by atoms with E-state index in [4.69, 9.17) is 9.47 Å². The molecule has 1 aliphatic heterocycles. The Morgan fingerprint density at radius 1 is 1.08 bits per heavy atom. The zero-order valence-electron chi connectivity index (χ0n) is 15.2. The molecule has 0 amide bonds. The number of ether oxygens (including phenoxy) is 2. The molecule has 3 heteroatoms. The van der Waals surface area contributed by atoms with Crippen LogP contribution in [-0.4, -0.2) is 30.2 Å². The molecule has 0 aromatic carbocycles. The maximum Gasteiger partial charge on any atom is 0.172 e. The maximum absolute atomic E-state index is 10.6. The standard InChI is InChI=1S/C21H32O3/c1-13-11-14-12-21(23-9-10-24-21)8-6-15(14)16-5-7-20(2)17(19(13)16)3-4-18(20)22/h13,16-19,22H,3-12H2,1-2H3/t13-,16-,17+,18+,19-,20+/m1/s1. The summed E-state index contributed by atoms with van der Waals surface area (Å²) < 4.78 is 12.0. The van der Waals surface area contributed by atoms with Crippen LogP contribution in [0.5, 0.6) is 0 Å². The third-order valence-corrected chi connectivity index (χ3v) is 8.48. The first-order chi connectivity index (χ1) is 11.5. The minimum Gasteiger partial charge on any atom is -0.393 e. The molecule has 2 saturated carbocycles. The number of allylic oxidation sites excluding steroid dienone is 1. The van der Waals surface area contributed by atoms with E-state index in [1.165, 1.54) is 32.1 Å². The largest absolute Gasteiger partial charge is 0.393 e. The van der Waals surface area contributed by atoms with Gasteiger partial charge in [0.05, 0.1) is 19.3 Å². The third kappa shape index (κ3) is 2.07. The topological polar surface area (TPSA) is 38.7 Å². The van der Waals surface area contributed by atoms with Gasteiger partial charge in [-0.15, -0.1) is 0 Å². The SMILES string of the molecule is C[C@@H]1CC2=C(CCC3(C2)OCCO3)[C@H]2CC[C@]3(C)[C@@H](O)CC[C@H]3[C@H]12. The van der Waals surface area contributed by atoms with Crippen LogP contribution in [0.15, 0.2) is 11.1 Å². The Morgan fingerprint density at radius 2 is 1.88 bits per heavy atom. The van der Waals surface area contributed by atoms with Crippen molar-refractivity contribution in [1.29, 1.82) is 0 Å². The molecule has 5 aliphatic rings. The Morgan fingerprint density at radius 3 is 2.67 bits per heavy atom. The summed E-state index contributed by atoms with van der Waals surface area (Å²) in [4.78, 5) is 0. The maximum atomic E-state index is 10.6. The smallest absolute Gasteiger partial charge is 0.172 e. The molecule has 0 bridgehead atoms. The fraction of sp³-hybridized carbons (Fsp3) is 0.905. The van der Waals surface area contributed by atoms with Gasteiger partial charge in [0.25, 0.3) is 0 Å². The van der Waals surface area contributed by atoms with Crippen LogP contribution in [0.1, 0.15) is 65.2 Å². The van der Waals surface area contributed by atoms with Gasteiger partial charge in [-0.05, 0) is 67.6 Å².